The molecule has 32 heteroatoms. The molecule has 5 N–H and O–H groups in total. The van der Waals surface area contributed by atoms with Crippen molar-refractivity contribution in [3.8, 4) is 35.5 Å². The molecule has 0 spiro atoms. The van der Waals surface area contributed by atoms with E-state index in [0.717, 1.165) is 67.1 Å². The number of Topliss-reactive ketones (excluding diaryl/α,β-unsaturated/α-hetero) is 2. The van der Waals surface area contributed by atoms with E-state index in [1.54, 1.807) is 14.7 Å². The summed E-state index contributed by atoms with van der Waals surface area (Å²) in [4.78, 5) is 151. The Labute approximate surface area is 816 Å². The van der Waals surface area contributed by atoms with E-state index in [1.165, 1.54) is 0 Å². The number of benzene rings is 6. The number of fused-ring (bicyclic) bond motifs is 6. The Bertz CT molecular complexity index is 4640. The first-order valence-corrected chi connectivity index (χ1v) is 48.2. The van der Waals surface area contributed by atoms with Crippen molar-refractivity contribution in [2.45, 2.75) is 155 Å². The normalized spacial score (nSPS) is 12.6. The van der Waals surface area contributed by atoms with Crippen LogP contribution in [-0.4, -0.2) is 262 Å². The highest BCUT2D eigenvalue weighted by molar-refractivity contribution is 5.98. The van der Waals surface area contributed by atoms with Crippen molar-refractivity contribution in [1.29, 1.82) is 0 Å². The highest BCUT2D eigenvalue weighted by Gasteiger charge is 2.35. The van der Waals surface area contributed by atoms with Crippen molar-refractivity contribution in [3.05, 3.63) is 196 Å². The lowest BCUT2D eigenvalue weighted by molar-refractivity contribution is -0.146. The Morgan fingerprint density at radius 2 is 0.561 bits per heavy atom. The molecule has 139 heavy (non-hydrogen) atoms. The Kier molecular flexibility index (Phi) is 51.3. The summed E-state index contributed by atoms with van der Waals surface area (Å²) in [6.45, 7) is 12.8. The Morgan fingerprint density at radius 3 is 0.935 bits per heavy atom. The van der Waals surface area contributed by atoms with Crippen LogP contribution in [-0.2, 0) is 134 Å². The minimum absolute atomic E-state index is 0.00665. The third-order valence-electron chi connectivity index (χ3n) is 22.7. The lowest BCUT2D eigenvalue weighted by atomic mass is 9.83. The molecule has 3 aliphatic rings. The maximum Gasteiger partial charge on any atom is 0.305 e. The van der Waals surface area contributed by atoms with Crippen molar-refractivity contribution in [1.82, 2.24) is 26.6 Å². The summed E-state index contributed by atoms with van der Waals surface area (Å²) >= 11 is 0. The quantitative estimate of drug-likeness (QED) is 0.0135. The van der Waals surface area contributed by atoms with Crippen LogP contribution in [0.5, 0.6) is 0 Å². The number of nitrogens with zero attached hydrogens (tertiary/aromatic N) is 3. The second-order valence-corrected chi connectivity index (χ2v) is 34.2. The SMILES string of the molecule is CC(C)(C)C(=O)CCCC(=O)NC(CCC(=O)NCCOCCOCCOCCOCCC(=O)CCCC(=O)N1Cc2ccccc2C#Cc2ccccc21)(CCC(=O)NCCOCCOCCOCCOCCC(=O)NCCC(=O)N1Cc2ccccc2C#Cc2ccccc21)CCC(=O)OCCOCCOCCOCCOCCC(=O)NCCC(=O)N1Cc2ccccc2C#Cc2ccccc21. The van der Waals surface area contributed by atoms with Gasteiger partial charge in [-0.2, -0.15) is 0 Å². The number of ether oxygens (including phenoxy) is 13. The molecule has 0 bridgehead atoms. The summed E-state index contributed by atoms with van der Waals surface area (Å²) in [5, 5.41) is 14.4. The third kappa shape index (κ3) is 43.2. The predicted octanol–water partition coefficient (Wildman–Crippen LogP) is 9.70. The van der Waals surface area contributed by atoms with E-state index in [-0.39, 0.29) is 327 Å². The molecule has 6 aromatic carbocycles. The largest absolute Gasteiger partial charge is 0.463 e. The molecule has 0 aliphatic carbocycles. The summed E-state index contributed by atoms with van der Waals surface area (Å²) in [7, 11) is 0. The van der Waals surface area contributed by atoms with Crippen molar-refractivity contribution in [3.63, 3.8) is 0 Å². The number of hydrogen-bond donors (Lipinski definition) is 5. The molecule has 1 atom stereocenters. The molecule has 0 radical (unpaired) electrons. The van der Waals surface area contributed by atoms with Gasteiger partial charge < -0.3 is 103 Å². The van der Waals surface area contributed by atoms with E-state index >= 15 is 0 Å². The first-order valence-electron chi connectivity index (χ1n) is 48.2. The van der Waals surface area contributed by atoms with E-state index in [1.807, 2.05) is 166 Å². The number of carbonyl (C=O) groups is 11. The van der Waals surface area contributed by atoms with Crippen molar-refractivity contribution in [2.75, 3.05) is 206 Å². The van der Waals surface area contributed by atoms with E-state index in [4.69, 9.17) is 61.6 Å². The summed E-state index contributed by atoms with van der Waals surface area (Å²) in [6, 6.07) is 45.9. The zero-order chi connectivity index (χ0) is 98.6. The molecule has 32 nitrogen and oxygen atoms in total. The summed E-state index contributed by atoms with van der Waals surface area (Å²) in [5.41, 5.74) is 8.09. The Morgan fingerprint density at radius 1 is 0.273 bits per heavy atom. The first-order chi connectivity index (χ1) is 67.7. The Hall–Kier alpha value is -11.9. The van der Waals surface area contributed by atoms with Gasteiger partial charge >= 0.3 is 5.97 Å². The lowest BCUT2D eigenvalue weighted by Crippen LogP contribution is -2.50. The minimum atomic E-state index is -1.27. The fourth-order valence-electron chi connectivity index (χ4n) is 14.9. The maximum absolute atomic E-state index is 14.0. The van der Waals surface area contributed by atoms with Gasteiger partial charge in [0.1, 0.15) is 18.2 Å². The van der Waals surface area contributed by atoms with Gasteiger partial charge in [0.15, 0.2) is 0 Å². The molecule has 0 saturated heterocycles. The fraction of sp³-hybridized carbons (Fsp3) is 0.505. The predicted molar refractivity (Wildman–Crippen MR) is 522 cm³/mol. The number of ketones is 2. The summed E-state index contributed by atoms with van der Waals surface area (Å²) in [6.07, 6.45) is 1.57. The van der Waals surface area contributed by atoms with Gasteiger partial charge in [0.2, 0.25) is 47.3 Å². The topological polar surface area (TPSA) is 378 Å². The minimum Gasteiger partial charge on any atom is -0.463 e. The molecule has 748 valence electrons. The monoisotopic (exact) mass is 1920 g/mol. The van der Waals surface area contributed by atoms with Crippen LogP contribution in [0.2, 0.25) is 0 Å². The fourth-order valence-corrected chi connectivity index (χ4v) is 14.9. The zero-order valence-electron chi connectivity index (χ0n) is 80.6. The molecule has 8 amide bonds. The third-order valence-corrected chi connectivity index (χ3v) is 22.7. The van der Waals surface area contributed by atoms with Crippen LogP contribution in [0.15, 0.2) is 146 Å². The second-order valence-electron chi connectivity index (χ2n) is 34.2. The van der Waals surface area contributed by atoms with E-state index in [9.17, 15) is 52.7 Å². The molecular weight excluding hydrogens is 1780 g/mol. The van der Waals surface area contributed by atoms with Gasteiger partial charge in [0.05, 0.1) is 195 Å². The molecule has 6 aromatic rings. The molecule has 3 heterocycles. The van der Waals surface area contributed by atoms with Gasteiger partial charge in [-0.05, 0) is 103 Å². The van der Waals surface area contributed by atoms with Gasteiger partial charge in [0.25, 0.3) is 0 Å². The maximum atomic E-state index is 14.0. The van der Waals surface area contributed by atoms with Crippen LogP contribution in [0.4, 0.5) is 17.1 Å². The van der Waals surface area contributed by atoms with E-state index < -0.39 is 22.8 Å². The zero-order valence-corrected chi connectivity index (χ0v) is 80.6. The Balaban J connectivity index is 0.626. The lowest BCUT2D eigenvalue weighted by Gasteiger charge is -2.35. The number of para-hydroxylation sites is 3. The molecular formula is C107H136N8O24. The molecule has 0 fully saturated rings. The number of amides is 8. The van der Waals surface area contributed by atoms with Gasteiger partial charge in [0, 0.05) is 148 Å². The molecule has 0 saturated carbocycles. The molecule has 1 unspecified atom stereocenters. The van der Waals surface area contributed by atoms with Crippen LogP contribution in [0, 0.1) is 40.9 Å². The molecule has 9 rings (SSSR count). The second kappa shape index (κ2) is 64.4. The van der Waals surface area contributed by atoms with E-state index in [0.29, 0.717) is 45.9 Å². The number of rotatable bonds is 69. The number of nitrogens with one attached hydrogen (secondary N) is 5. The first kappa shape index (κ1) is 111. The number of esters is 1. The van der Waals surface area contributed by atoms with Gasteiger partial charge in [-0.25, -0.2) is 0 Å². The van der Waals surface area contributed by atoms with Crippen LogP contribution < -0.4 is 41.3 Å². The van der Waals surface area contributed by atoms with Crippen LogP contribution in [0.3, 0.4) is 0 Å². The van der Waals surface area contributed by atoms with Gasteiger partial charge in [-0.1, -0.05) is 147 Å². The number of carbonyl (C=O) groups excluding carboxylic acids is 11. The standard InChI is InChI=1S/C107H136N8O24/c1-106(2,3)96(117)31-17-32-101(122)112-107(48-40-97(118)110-53-58-130-63-68-135-73-70-132-65-60-127-55-45-92(116)27-16-33-102(123)113-80-89-24-7-4-18-83(89)34-37-86-21-10-13-28-93(86)113,49-41-98(119)111-54-59-131-64-69-136-74-71-133-66-61-128-56-46-99(120)108-51-43-103(124)114-81-90-25-8-5-19-84(90)35-38-87-22-11-14-29-94(87)114)50-42-105(126)139-79-78-138-77-76-137-75-72-134-67-62-129-57-47-100(121)109-52-44-104(125)115-82-91-26-9-6-20-85(91)36-39-88-23-12-15-30-95(88)115/h4-15,18-26,28-30H,16-17,27,31-33,40-82H2,1-3H3,(H,108,120)(H,109,121)(H,110,118)(H,111,119)(H,112,122). The highest BCUT2D eigenvalue weighted by Crippen LogP contribution is 2.32. The van der Waals surface area contributed by atoms with Crippen molar-refractivity contribution >= 4 is 81.9 Å². The van der Waals surface area contributed by atoms with Crippen LogP contribution in [0.25, 0.3) is 0 Å². The highest BCUT2D eigenvalue weighted by atomic mass is 16.6. The van der Waals surface area contributed by atoms with Crippen molar-refractivity contribution < 1.29 is 114 Å². The van der Waals surface area contributed by atoms with E-state index in [2.05, 4.69) is 62.1 Å². The van der Waals surface area contributed by atoms with Crippen LogP contribution >= 0.6 is 0 Å². The summed E-state index contributed by atoms with van der Waals surface area (Å²) < 4.78 is 73.3. The summed E-state index contributed by atoms with van der Waals surface area (Å²) in [5.74, 6) is 16.7. The average Bonchev–Trinajstić information content (AvgIpc) is 0.810. The molecule has 0 aromatic heterocycles. The average molecular weight is 1920 g/mol. The van der Waals surface area contributed by atoms with Crippen LogP contribution in [0.1, 0.15) is 180 Å². The van der Waals surface area contributed by atoms with Gasteiger partial charge in [-0.15, -0.1) is 0 Å². The van der Waals surface area contributed by atoms with Gasteiger partial charge in [-0.3, -0.25) is 52.7 Å². The smallest absolute Gasteiger partial charge is 0.305 e. The number of anilines is 3. The van der Waals surface area contributed by atoms with Crippen molar-refractivity contribution in [2.24, 2.45) is 5.41 Å². The number of hydrogen-bond acceptors (Lipinski definition) is 24. The molecule has 3 aliphatic heterocycles.